The van der Waals surface area contributed by atoms with E-state index in [4.69, 9.17) is 10.2 Å². The van der Waals surface area contributed by atoms with Crippen LogP contribution >= 0.6 is 26.2 Å². The molecule has 0 aromatic rings. The molecule has 4 heavy (non-hydrogen) atoms. The van der Waals surface area contributed by atoms with Crippen LogP contribution in [0, 0.1) is 0 Å². The van der Waals surface area contributed by atoms with E-state index in [1.54, 1.807) is 0 Å². The minimum atomic E-state index is -0.153. The molecular formula is H4ClNiP2. The number of halogens is 1. The van der Waals surface area contributed by atoms with E-state index in [9.17, 15) is 0 Å². The van der Waals surface area contributed by atoms with Gasteiger partial charge in [0.15, 0.2) is 0 Å². The molecule has 0 aliphatic rings. The standard InChI is InChI=1S/ClH.Ni.2H2P/h1H;;2*1H2/q;+3;2*-1/p-1. The van der Waals surface area contributed by atoms with Crippen molar-refractivity contribution in [3.63, 3.8) is 0 Å². The SMILES string of the molecule is [PH2][Ni]([PH2])[Cl]. The van der Waals surface area contributed by atoms with Crippen LogP contribution in [0.4, 0.5) is 0 Å². The van der Waals surface area contributed by atoms with E-state index in [0.717, 1.165) is 0 Å². The van der Waals surface area contributed by atoms with Gasteiger partial charge in [-0.2, -0.15) is 0 Å². The van der Waals surface area contributed by atoms with Gasteiger partial charge in [0.1, 0.15) is 0 Å². The Bertz CT molecular complexity index is 10.8. The van der Waals surface area contributed by atoms with Crippen LogP contribution < -0.4 is 0 Å². The summed E-state index contributed by atoms with van der Waals surface area (Å²) in [6.45, 7) is 0. The van der Waals surface area contributed by atoms with E-state index >= 15 is 0 Å². The molecule has 0 aromatic carbocycles. The first-order valence-electron chi connectivity index (χ1n) is 0.485. The Morgan fingerprint density at radius 3 is 1.50 bits per heavy atom. The molecule has 0 fully saturated rings. The molecule has 0 radical (unpaired) electrons. The van der Waals surface area contributed by atoms with Crippen molar-refractivity contribution in [1.29, 1.82) is 0 Å². The third-order valence-corrected chi connectivity index (χ3v) is 0. The van der Waals surface area contributed by atoms with E-state index in [0.29, 0.717) is 0 Å². The molecule has 31 valence electrons. The molecule has 4 heteroatoms. The van der Waals surface area contributed by atoms with Crippen LogP contribution in [0.1, 0.15) is 0 Å². The Balaban J connectivity index is 2.32. The second-order valence-corrected chi connectivity index (χ2v) is 9.03. The van der Waals surface area contributed by atoms with Gasteiger partial charge >= 0.3 is 37.9 Å². The first kappa shape index (κ1) is 5.64. The topological polar surface area (TPSA) is 0 Å². The van der Waals surface area contributed by atoms with Crippen molar-refractivity contribution in [2.45, 2.75) is 0 Å². The second kappa shape index (κ2) is 2.86. The zero-order chi connectivity index (χ0) is 3.58. The molecule has 0 bridgehead atoms. The van der Waals surface area contributed by atoms with Crippen LogP contribution in [0.15, 0.2) is 0 Å². The van der Waals surface area contributed by atoms with Crippen molar-refractivity contribution < 1.29 is 11.7 Å². The van der Waals surface area contributed by atoms with E-state index in [1.165, 1.54) is 0 Å². The van der Waals surface area contributed by atoms with E-state index < -0.39 is 0 Å². The van der Waals surface area contributed by atoms with Crippen molar-refractivity contribution in [1.82, 2.24) is 0 Å². The van der Waals surface area contributed by atoms with Gasteiger partial charge in [0, 0.05) is 0 Å². The molecule has 2 atom stereocenters. The van der Waals surface area contributed by atoms with Gasteiger partial charge in [-0.3, -0.25) is 0 Å². The van der Waals surface area contributed by atoms with E-state index in [1.807, 2.05) is 0 Å². The Kier molecular flexibility index (Phi) is 4.03. The summed E-state index contributed by atoms with van der Waals surface area (Å²) >= 11 is -0.153. The monoisotopic (exact) mass is 159 g/mol. The van der Waals surface area contributed by atoms with Crippen molar-refractivity contribution in [2.75, 3.05) is 0 Å². The molecule has 0 aliphatic carbocycles. The minimum absolute atomic E-state index is 0.153. The quantitative estimate of drug-likeness (QED) is 0.370. The Morgan fingerprint density at radius 1 is 1.50 bits per heavy atom. The summed E-state index contributed by atoms with van der Waals surface area (Å²) in [7, 11) is 10.1. The second-order valence-electron chi connectivity index (χ2n) is 0.243. The molecule has 0 aromatic heterocycles. The molecule has 0 aliphatic heterocycles. The summed E-state index contributed by atoms with van der Waals surface area (Å²) < 4.78 is 0. The molecule has 0 rings (SSSR count). The van der Waals surface area contributed by atoms with Gasteiger partial charge in [0.2, 0.25) is 0 Å². The summed E-state index contributed by atoms with van der Waals surface area (Å²) in [5.74, 6) is 0. The predicted molar refractivity (Wildman–Crippen MR) is 25.3 cm³/mol. The third kappa shape index (κ3) is 9.43. The van der Waals surface area contributed by atoms with Crippen LogP contribution in [0.2, 0.25) is 0 Å². The first-order valence-corrected chi connectivity index (χ1v) is 6.00. The van der Waals surface area contributed by atoms with E-state index in [-0.39, 0.29) is 11.7 Å². The molecule has 0 spiro atoms. The zero-order valence-electron chi connectivity index (χ0n) is 1.85. The number of hydrogen-bond acceptors (Lipinski definition) is 0. The maximum absolute atomic E-state index is 5.24. The van der Waals surface area contributed by atoms with Gasteiger partial charge < -0.3 is 0 Å². The van der Waals surface area contributed by atoms with Gasteiger partial charge in [-0.05, 0) is 0 Å². The Hall–Kier alpha value is 1.64. The van der Waals surface area contributed by atoms with Crippen molar-refractivity contribution >= 4 is 26.2 Å². The number of rotatable bonds is 0. The van der Waals surface area contributed by atoms with Gasteiger partial charge in [0.05, 0.1) is 0 Å². The van der Waals surface area contributed by atoms with Gasteiger partial charge in [0.25, 0.3) is 0 Å². The molecule has 0 amide bonds. The fourth-order valence-corrected chi connectivity index (χ4v) is 0. The molecule has 0 saturated heterocycles. The molecule has 0 heterocycles. The molecule has 0 saturated carbocycles. The third-order valence-electron chi connectivity index (χ3n) is 0. The summed E-state index contributed by atoms with van der Waals surface area (Å²) in [6, 6.07) is 0. The van der Waals surface area contributed by atoms with Crippen LogP contribution in [0.3, 0.4) is 0 Å². The number of hydrogen-bond donors (Lipinski definition) is 0. The van der Waals surface area contributed by atoms with Crippen molar-refractivity contribution in [3.8, 4) is 0 Å². The molecule has 0 N–H and O–H groups in total. The predicted octanol–water partition coefficient (Wildman–Crippen LogP) is 1.34. The van der Waals surface area contributed by atoms with Crippen LogP contribution in [0.5, 0.6) is 0 Å². The van der Waals surface area contributed by atoms with Crippen molar-refractivity contribution in [3.05, 3.63) is 0 Å². The van der Waals surface area contributed by atoms with Gasteiger partial charge in [-0.1, -0.05) is 0 Å². The summed E-state index contributed by atoms with van der Waals surface area (Å²) in [6.07, 6.45) is 0. The van der Waals surface area contributed by atoms with Gasteiger partial charge in [-0.15, -0.1) is 0 Å². The summed E-state index contributed by atoms with van der Waals surface area (Å²) in [5.41, 5.74) is 0. The average molecular weight is 160 g/mol. The first-order chi connectivity index (χ1) is 1.73. The molecular weight excluding hydrogens is 156 g/mol. The maximum atomic E-state index is 5.24. The normalized spacial score (nSPS) is 11.2. The fourth-order valence-electron chi connectivity index (χ4n) is 0. The Labute approximate surface area is 38.3 Å². The molecule has 2 unspecified atom stereocenters. The zero-order valence-corrected chi connectivity index (χ0v) is 5.90. The Morgan fingerprint density at radius 2 is 1.50 bits per heavy atom. The average Bonchev–Trinajstić information content (AvgIpc) is 0.811. The van der Waals surface area contributed by atoms with E-state index in [2.05, 4.69) is 16.0 Å². The fraction of sp³-hybridized carbons (Fsp3) is 0. The van der Waals surface area contributed by atoms with Crippen LogP contribution in [0.25, 0.3) is 0 Å². The van der Waals surface area contributed by atoms with Crippen LogP contribution in [-0.2, 0) is 11.7 Å². The van der Waals surface area contributed by atoms with Crippen LogP contribution in [-0.4, -0.2) is 0 Å². The van der Waals surface area contributed by atoms with Gasteiger partial charge in [-0.25, -0.2) is 0 Å². The van der Waals surface area contributed by atoms with Crippen molar-refractivity contribution in [2.24, 2.45) is 0 Å². The summed E-state index contributed by atoms with van der Waals surface area (Å²) in [5, 5.41) is 0. The molecule has 0 nitrogen and oxygen atoms in total. The summed E-state index contributed by atoms with van der Waals surface area (Å²) in [4.78, 5) is 0.